The minimum atomic E-state index is -4.77. The summed E-state index contributed by atoms with van der Waals surface area (Å²) in [7, 11) is -4.47. The van der Waals surface area contributed by atoms with Gasteiger partial charge in [0.2, 0.25) is 10.0 Å². The predicted molar refractivity (Wildman–Crippen MR) is 76.8 cm³/mol. The van der Waals surface area contributed by atoms with E-state index >= 15 is 0 Å². The van der Waals surface area contributed by atoms with Crippen LogP contribution in [0.1, 0.15) is 25.3 Å². The summed E-state index contributed by atoms with van der Waals surface area (Å²) >= 11 is 0. The maximum Gasteiger partial charge on any atom is 0.416 e. The monoisotopic (exact) mass is 367 g/mol. The molecular weight excluding hydrogens is 351 g/mol. The fourth-order valence-corrected chi connectivity index (χ4v) is 4.62. The highest BCUT2D eigenvalue weighted by molar-refractivity contribution is 7.89. The second kappa shape index (κ2) is 6.25. The van der Waals surface area contributed by atoms with E-state index in [1.54, 1.807) is 0 Å². The molecule has 1 aromatic carbocycles. The van der Waals surface area contributed by atoms with Crippen LogP contribution in [0, 0.1) is 5.92 Å². The number of aromatic hydroxyl groups is 1. The zero-order chi connectivity index (χ0) is 18.3. The van der Waals surface area contributed by atoms with Gasteiger partial charge >= 0.3 is 12.1 Å². The van der Waals surface area contributed by atoms with Gasteiger partial charge in [0.25, 0.3) is 0 Å². The standard InChI is InChI=1S/C14H16F3NO5S/c1-8-10(13(20)21)3-2-6-18(8)24(22,23)12-7-9(14(15,16)17)4-5-11(12)19/h4-5,7-8,10,19H,2-3,6H2,1H3,(H,20,21)/t8-,10-/m1/s1. The first-order valence-electron chi connectivity index (χ1n) is 7.11. The van der Waals surface area contributed by atoms with Crippen molar-refractivity contribution in [3.05, 3.63) is 23.8 Å². The molecule has 0 unspecified atom stereocenters. The van der Waals surface area contributed by atoms with Crippen LogP contribution in [0.15, 0.2) is 23.1 Å². The van der Waals surface area contributed by atoms with Crippen molar-refractivity contribution < 1.29 is 36.6 Å². The maximum absolute atomic E-state index is 12.8. The van der Waals surface area contributed by atoms with Gasteiger partial charge in [0.1, 0.15) is 10.6 Å². The average Bonchev–Trinajstić information content (AvgIpc) is 2.45. The lowest BCUT2D eigenvalue weighted by atomic mass is 9.92. The quantitative estimate of drug-likeness (QED) is 0.855. The van der Waals surface area contributed by atoms with Crippen LogP contribution in [0.2, 0.25) is 0 Å². The number of hydrogen-bond acceptors (Lipinski definition) is 4. The highest BCUT2D eigenvalue weighted by Gasteiger charge is 2.41. The van der Waals surface area contributed by atoms with Crippen molar-refractivity contribution in [2.45, 2.75) is 36.9 Å². The van der Waals surface area contributed by atoms with Crippen LogP contribution in [-0.4, -0.2) is 41.5 Å². The number of hydrogen-bond donors (Lipinski definition) is 2. The molecule has 134 valence electrons. The van der Waals surface area contributed by atoms with E-state index in [2.05, 4.69) is 0 Å². The lowest BCUT2D eigenvalue weighted by Crippen LogP contribution is -2.49. The number of phenols is 1. The second-order valence-electron chi connectivity index (χ2n) is 5.62. The molecule has 1 heterocycles. The van der Waals surface area contributed by atoms with E-state index in [4.69, 9.17) is 5.11 Å². The number of carbonyl (C=O) groups is 1. The van der Waals surface area contributed by atoms with Gasteiger partial charge in [-0.3, -0.25) is 4.79 Å². The Morgan fingerprint density at radius 3 is 2.50 bits per heavy atom. The Bertz CT molecular complexity index is 747. The van der Waals surface area contributed by atoms with E-state index in [-0.39, 0.29) is 19.4 Å². The maximum atomic E-state index is 12.8. The molecule has 1 aliphatic heterocycles. The zero-order valence-corrected chi connectivity index (χ0v) is 13.4. The van der Waals surface area contributed by atoms with Crippen molar-refractivity contribution >= 4 is 16.0 Å². The summed E-state index contributed by atoms with van der Waals surface area (Å²) in [6.07, 6.45) is -4.23. The Morgan fingerprint density at radius 1 is 1.33 bits per heavy atom. The summed E-state index contributed by atoms with van der Waals surface area (Å²) < 4.78 is 64.6. The van der Waals surface area contributed by atoms with Gasteiger partial charge in [-0.15, -0.1) is 0 Å². The molecule has 2 atom stereocenters. The number of carboxylic acid groups (broad SMARTS) is 1. The molecule has 1 fully saturated rings. The number of phenolic OH excluding ortho intramolecular Hbond substituents is 1. The summed E-state index contributed by atoms with van der Waals surface area (Å²) in [6, 6.07) is 0.671. The van der Waals surface area contributed by atoms with Crippen LogP contribution >= 0.6 is 0 Å². The normalized spacial score (nSPS) is 23.2. The largest absolute Gasteiger partial charge is 0.507 e. The molecular formula is C14H16F3NO5S. The van der Waals surface area contributed by atoms with Crippen molar-refractivity contribution in [1.82, 2.24) is 4.31 Å². The average molecular weight is 367 g/mol. The van der Waals surface area contributed by atoms with Gasteiger partial charge in [-0.1, -0.05) is 0 Å². The van der Waals surface area contributed by atoms with E-state index < -0.39 is 50.3 Å². The molecule has 10 heteroatoms. The van der Waals surface area contributed by atoms with Gasteiger partial charge < -0.3 is 10.2 Å². The van der Waals surface area contributed by atoms with Crippen LogP contribution in [-0.2, 0) is 21.0 Å². The number of alkyl halides is 3. The summed E-state index contributed by atoms with van der Waals surface area (Å²) in [5.41, 5.74) is -1.21. The molecule has 1 aromatic rings. The topological polar surface area (TPSA) is 94.9 Å². The Labute approximate surface area is 136 Å². The van der Waals surface area contributed by atoms with Crippen LogP contribution in [0.25, 0.3) is 0 Å². The number of nitrogens with zero attached hydrogens (tertiary/aromatic N) is 1. The molecule has 0 saturated carbocycles. The number of benzene rings is 1. The molecule has 2 rings (SSSR count). The van der Waals surface area contributed by atoms with Gasteiger partial charge in [0, 0.05) is 12.6 Å². The minimum Gasteiger partial charge on any atom is -0.507 e. The van der Waals surface area contributed by atoms with Crippen LogP contribution in [0.4, 0.5) is 13.2 Å². The summed E-state index contributed by atoms with van der Waals surface area (Å²) in [5, 5.41) is 18.9. The van der Waals surface area contributed by atoms with Gasteiger partial charge in [-0.05, 0) is 38.0 Å². The fourth-order valence-electron chi connectivity index (χ4n) is 2.80. The first-order valence-corrected chi connectivity index (χ1v) is 8.55. The summed E-state index contributed by atoms with van der Waals surface area (Å²) in [4.78, 5) is 10.3. The molecule has 0 aliphatic carbocycles. The molecule has 0 radical (unpaired) electrons. The second-order valence-corrected chi connectivity index (χ2v) is 7.48. The number of piperidine rings is 1. The number of aliphatic carboxylic acids is 1. The zero-order valence-electron chi connectivity index (χ0n) is 12.6. The number of sulfonamides is 1. The summed E-state index contributed by atoms with van der Waals surface area (Å²) in [5.74, 6) is -2.94. The Kier molecular flexibility index (Phi) is 4.82. The SMILES string of the molecule is C[C@@H]1[C@H](C(=O)O)CCCN1S(=O)(=O)c1cc(C(F)(F)F)ccc1O. The van der Waals surface area contributed by atoms with Crippen LogP contribution in [0.3, 0.4) is 0 Å². The number of carboxylic acids is 1. The fraction of sp³-hybridized carbons (Fsp3) is 0.500. The lowest BCUT2D eigenvalue weighted by molar-refractivity contribution is -0.144. The Hall–Kier alpha value is -1.81. The Morgan fingerprint density at radius 2 is 1.96 bits per heavy atom. The van der Waals surface area contributed by atoms with Gasteiger partial charge in [0.05, 0.1) is 11.5 Å². The van der Waals surface area contributed by atoms with Crippen molar-refractivity contribution in [1.29, 1.82) is 0 Å². The van der Waals surface area contributed by atoms with E-state index in [9.17, 15) is 31.5 Å². The molecule has 0 bridgehead atoms. The molecule has 2 N–H and O–H groups in total. The van der Waals surface area contributed by atoms with E-state index in [1.807, 2.05) is 0 Å². The molecule has 0 spiro atoms. The predicted octanol–water partition coefficient (Wildman–Crippen LogP) is 2.28. The molecule has 0 aromatic heterocycles. The first-order chi connectivity index (χ1) is 11.0. The third kappa shape index (κ3) is 3.34. The highest BCUT2D eigenvalue weighted by Crippen LogP contribution is 2.37. The van der Waals surface area contributed by atoms with Crippen molar-refractivity contribution in [3.63, 3.8) is 0 Å². The van der Waals surface area contributed by atoms with Crippen molar-refractivity contribution in [3.8, 4) is 5.75 Å². The number of rotatable bonds is 3. The molecule has 6 nitrogen and oxygen atoms in total. The van der Waals surface area contributed by atoms with E-state index in [0.717, 1.165) is 4.31 Å². The van der Waals surface area contributed by atoms with Gasteiger partial charge in [-0.25, -0.2) is 8.42 Å². The Balaban J connectivity index is 2.49. The third-order valence-electron chi connectivity index (χ3n) is 4.12. The molecule has 1 aliphatic rings. The minimum absolute atomic E-state index is 0.0248. The van der Waals surface area contributed by atoms with Gasteiger partial charge in [0.15, 0.2) is 0 Å². The molecule has 0 amide bonds. The van der Waals surface area contributed by atoms with Crippen LogP contribution in [0.5, 0.6) is 5.75 Å². The lowest BCUT2D eigenvalue weighted by Gasteiger charge is -2.36. The third-order valence-corrected chi connectivity index (χ3v) is 6.14. The first kappa shape index (κ1) is 18.5. The van der Waals surface area contributed by atoms with Gasteiger partial charge in [-0.2, -0.15) is 17.5 Å². The summed E-state index contributed by atoms with van der Waals surface area (Å²) in [6.45, 7) is 1.36. The van der Waals surface area contributed by atoms with Crippen molar-refractivity contribution in [2.24, 2.45) is 5.92 Å². The molecule has 1 saturated heterocycles. The van der Waals surface area contributed by atoms with E-state index in [1.165, 1.54) is 6.92 Å². The molecule has 24 heavy (non-hydrogen) atoms. The van der Waals surface area contributed by atoms with Crippen LogP contribution < -0.4 is 0 Å². The smallest absolute Gasteiger partial charge is 0.416 e. The van der Waals surface area contributed by atoms with E-state index in [0.29, 0.717) is 18.2 Å². The van der Waals surface area contributed by atoms with Crippen molar-refractivity contribution in [2.75, 3.05) is 6.54 Å². The number of halogens is 3. The highest BCUT2D eigenvalue weighted by atomic mass is 32.2.